The number of carboxylic acids is 1. The molecule has 2 aromatic rings. The molecule has 2 aromatic heterocycles. The van der Waals surface area contributed by atoms with Crippen molar-refractivity contribution in [1.82, 2.24) is 35.9 Å². The highest BCUT2D eigenvalue weighted by atomic mass is 16.7. The standard InChI is InChI=1S/C65H95N11O13/c1-58(27-77)16-17-64(56(86)87)37(22-58)35-20-31-9-10-32-8-7-13-63(32)44-33(11-15-65(42-25-70-29-74-42,49(44)76-55(63)85)50(83)34(52(66)84)23-69-18-19-71-57(67)68-6)43-46(81)51(89-54-47(82)45(80)40(79)26-88-54)59(2,28-78)41-12-14-60(3,48(31)61(41,43)4)62(35,5)36-21-39-53(75-30-73-39)72-24-38(36)64/h11,15,20,25,29-34,36-38,40-41,43-52,54,69,72,77-84H,7-8,12-14,16-19,21-24,26-28,66H2,1-6H3,(H,70,74)(H,73,75)(H,76,85)(H,86,87)(H3,67,68,71)/t31-,32+,33+,34-,36-,37-,38+,40+,41+,43-,44-,45-,46+,47+,48-,49-,50-,51+,52-,54-,58-,59-,60+,61+,62-,63-,64+,65+/m0/s1. The fourth-order valence-corrected chi connectivity index (χ4v) is 22.6. The summed E-state index contributed by atoms with van der Waals surface area (Å²) in [5.41, 5.74) is 6.25. The lowest BCUT2D eigenvalue weighted by Gasteiger charge is -2.76. The minimum atomic E-state index is -1.74. The van der Waals surface area contributed by atoms with E-state index >= 15 is 4.79 Å². The van der Waals surface area contributed by atoms with Crippen LogP contribution in [-0.4, -0.2) is 192 Å². The lowest BCUT2D eigenvalue weighted by Crippen LogP contribution is -2.76. The number of anilines is 1. The Bertz CT molecular complexity index is 3210. The van der Waals surface area contributed by atoms with Gasteiger partial charge in [0.1, 0.15) is 30.4 Å². The highest BCUT2D eigenvalue weighted by Gasteiger charge is 2.80. The molecule has 5 heterocycles. The van der Waals surface area contributed by atoms with Crippen LogP contribution in [0.5, 0.6) is 0 Å². The summed E-state index contributed by atoms with van der Waals surface area (Å²) in [5, 5.41) is 122. The number of fused-ring (bicyclic) bond motifs is 9. The molecule has 488 valence electrons. The molecule has 1 spiro atoms. The number of aliphatic carboxylic acids is 1. The van der Waals surface area contributed by atoms with Crippen molar-refractivity contribution in [2.45, 2.75) is 153 Å². The highest BCUT2D eigenvalue weighted by Crippen LogP contribution is 2.81. The quantitative estimate of drug-likeness (QED) is 0.0226. The first-order chi connectivity index (χ1) is 42.3. The summed E-state index contributed by atoms with van der Waals surface area (Å²) in [5.74, 6) is 0.894. The van der Waals surface area contributed by atoms with Crippen LogP contribution < -0.4 is 32.7 Å². The number of imidazole rings is 2. The van der Waals surface area contributed by atoms with E-state index in [-0.39, 0.29) is 37.5 Å². The van der Waals surface area contributed by atoms with Crippen LogP contribution in [0.3, 0.4) is 0 Å². The number of aliphatic hydroxyl groups excluding tert-OH is 8. The van der Waals surface area contributed by atoms with E-state index in [4.69, 9.17) is 25.9 Å². The first-order valence-electron chi connectivity index (χ1n) is 32.6. The van der Waals surface area contributed by atoms with Gasteiger partial charge in [0.15, 0.2) is 12.2 Å². The molecule has 28 atom stereocenters. The van der Waals surface area contributed by atoms with E-state index < -0.39 is 170 Å². The van der Waals surface area contributed by atoms with Gasteiger partial charge in [-0.3, -0.25) is 14.6 Å². The van der Waals surface area contributed by atoms with Crippen molar-refractivity contribution in [3.05, 3.63) is 54.0 Å². The summed E-state index contributed by atoms with van der Waals surface area (Å²) in [7, 11) is 1.57. The van der Waals surface area contributed by atoms with Gasteiger partial charge in [-0.15, -0.1) is 0 Å². The highest BCUT2D eigenvalue weighted by molar-refractivity contribution is 5.88. The van der Waals surface area contributed by atoms with Gasteiger partial charge in [0.2, 0.25) is 5.91 Å². The molecule has 0 radical (unpaired) electrons. The monoisotopic (exact) mass is 1240 g/mol. The number of aliphatic imine (C=N–C) groups is 1. The molecule has 0 aromatic carbocycles. The number of nitrogens with one attached hydrogen (secondary N) is 6. The van der Waals surface area contributed by atoms with Gasteiger partial charge in [0.05, 0.1) is 72.2 Å². The number of nitrogens with two attached hydrogens (primary N) is 2. The number of rotatable bonds is 14. The largest absolute Gasteiger partial charge is 0.481 e. The van der Waals surface area contributed by atoms with Gasteiger partial charge in [0.25, 0.3) is 0 Å². The lowest BCUT2D eigenvalue weighted by molar-refractivity contribution is -0.346. The van der Waals surface area contributed by atoms with Crippen molar-refractivity contribution in [2.24, 2.45) is 119 Å². The molecular formula is C65H95N11O13. The Morgan fingerprint density at radius 3 is 2.46 bits per heavy atom. The smallest absolute Gasteiger partial charge is 0.310 e. The molecule has 5 saturated carbocycles. The molecule has 0 bridgehead atoms. The fraction of sp³-hybridized carbons (Fsp3) is 0.769. The number of nitrogens with zero attached hydrogens (tertiary/aromatic N) is 3. The average molecular weight is 1240 g/mol. The van der Waals surface area contributed by atoms with Crippen molar-refractivity contribution >= 4 is 23.7 Å². The molecule has 7 fully saturated rings. The Balaban J connectivity index is 1.06. The van der Waals surface area contributed by atoms with Crippen molar-refractivity contribution in [1.29, 1.82) is 0 Å². The van der Waals surface area contributed by atoms with E-state index in [0.717, 1.165) is 11.3 Å². The average Bonchev–Trinajstić information content (AvgIpc) is 1.33. The second kappa shape index (κ2) is 22.1. The fourth-order valence-electron chi connectivity index (χ4n) is 22.6. The first kappa shape index (κ1) is 62.8. The normalized spacial score (nSPS) is 48.5. The Kier molecular flexibility index (Phi) is 15.6. The number of aliphatic hydroxyl groups is 8. The van der Waals surface area contributed by atoms with Crippen LogP contribution in [0, 0.1) is 115 Å². The zero-order valence-electron chi connectivity index (χ0n) is 52.0. The molecule has 2 saturated heterocycles. The second-order valence-corrected chi connectivity index (χ2v) is 30.2. The number of H-pyrrole nitrogens is 2. The summed E-state index contributed by atoms with van der Waals surface area (Å²) >= 11 is 0. The Morgan fingerprint density at radius 2 is 1.75 bits per heavy atom. The van der Waals surface area contributed by atoms with Crippen molar-refractivity contribution in [2.75, 3.05) is 58.4 Å². The van der Waals surface area contributed by atoms with E-state index in [9.17, 15) is 50.8 Å². The van der Waals surface area contributed by atoms with E-state index in [1.807, 2.05) is 13.0 Å². The van der Waals surface area contributed by atoms with Crippen LogP contribution >= 0.6 is 0 Å². The third-order valence-electron chi connectivity index (χ3n) is 26.9. The number of hydrogen-bond acceptors (Lipinski definition) is 18. The maximum Gasteiger partial charge on any atom is 0.310 e. The van der Waals surface area contributed by atoms with Crippen LogP contribution in [0.2, 0.25) is 0 Å². The van der Waals surface area contributed by atoms with Crippen LogP contribution in [0.4, 0.5) is 5.82 Å². The Hall–Kier alpha value is -5.01. The van der Waals surface area contributed by atoms with Gasteiger partial charge in [-0.1, -0.05) is 76.7 Å². The number of guanidine groups is 1. The first-order valence-corrected chi connectivity index (χ1v) is 32.6. The van der Waals surface area contributed by atoms with E-state index in [0.29, 0.717) is 88.9 Å². The molecule has 0 unspecified atom stereocenters. The van der Waals surface area contributed by atoms with Crippen LogP contribution in [0.15, 0.2) is 47.6 Å². The molecule has 8 aliphatic carbocycles. The zero-order chi connectivity index (χ0) is 63.3. The topological polar surface area (TPSA) is 405 Å². The number of carbonyl (C=O) groups excluding carboxylic acids is 1. The van der Waals surface area contributed by atoms with Crippen molar-refractivity contribution < 1.29 is 65.0 Å². The summed E-state index contributed by atoms with van der Waals surface area (Å²) in [6.07, 6.45) is 3.25. The number of carboxylic acid groups (broad SMARTS) is 1. The van der Waals surface area contributed by atoms with Gasteiger partial charge in [-0.05, 0) is 109 Å². The molecule has 19 N–H and O–H groups in total. The Morgan fingerprint density at radius 1 is 0.966 bits per heavy atom. The van der Waals surface area contributed by atoms with E-state index in [1.165, 1.54) is 6.33 Å². The Labute approximate surface area is 519 Å². The van der Waals surface area contributed by atoms with Crippen LogP contribution in [-0.2, 0) is 30.9 Å². The van der Waals surface area contributed by atoms with Crippen molar-refractivity contribution in [3.63, 3.8) is 0 Å². The number of amides is 1. The molecule has 3 aliphatic heterocycles. The number of hydrogen-bond donors (Lipinski definition) is 17. The maximum atomic E-state index is 16.1. The predicted molar refractivity (Wildman–Crippen MR) is 324 cm³/mol. The summed E-state index contributed by atoms with van der Waals surface area (Å²) in [6.45, 7) is 11.1. The van der Waals surface area contributed by atoms with Gasteiger partial charge >= 0.3 is 5.97 Å². The minimum Gasteiger partial charge on any atom is -0.481 e. The zero-order valence-corrected chi connectivity index (χ0v) is 52.0. The summed E-state index contributed by atoms with van der Waals surface area (Å²) < 4.78 is 13.0. The molecule has 1 amide bonds. The van der Waals surface area contributed by atoms with Crippen molar-refractivity contribution in [3.8, 4) is 11.8 Å². The molecule has 24 nitrogen and oxygen atoms in total. The number of allylic oxidation sites excluding steroid dienone is 3. The minimum absolute atomic E-state index is 0.0330. The maximum absolute atomic E-state index is 16.1. The predicted octanol–water partition coefficient (Wildman–Crippen LogP) is 0.0513. The second-order valence-electron chi connectivity index (χ2n) is 30.2. The SMILES string of the molecule is CN=C(N)NCCNC[C@H]([C@@H](N)O)[C@H](O)[C@@]1(c2cnc[nH]2)C=C[C@H]2[C@H]3[C@@H]1NC(=O)[C@]31CCC[C@@H]1C#C[C@H]1C=C3[C@@H]4C[C@@](C)(CO)CC[C@]4(C(=O)O)[C@@H]4CNc5nc[nH]c5C[C@@H]4[C@@]3(C)[C@]3(C)CC[C@@H]4[C@](C)(CO)[C@H](O[C@@H]5OC[C@@H](O)[C@H](O)[C@H]5O)[C@H](O)[C@H]2[C@]4(C)[C@@H]13. The van der Waals surface area contributed by atoms with Gasteiger partial charge in [0, 0.05) is 86.7 Å². The molecule has 13 rings (SSSR count). The number of aromatic nitrogens is 4. The van der Waals surface area contributed by atoms with Crippen LogP contribution in [0.25, 0.3) is 0 Å². The number of ether oxygens (including phenoxy) is 2. The number of aromatic amines is 2. The molecular weight excluding hydrogens is 1140 g/mol. The summed E-state index contributed by atoms with van der Waals surface area (Å²) in [4.78, 5) is 50.9. The molecule has 24 heteroatoms. The van der Waals surface area contributed by atoms with Gasteiger partial charge in [-0.25, -0.2) is 9.97 Å². The third kappa shape index (κ3) is 8.51. The third-order valence-corrected chi connectivity index (χ3v) is 26.9. The van der Waals surface area contributed by atoms with E-state index in [2.05, 4.69) is 92.9 Å². The molecule has 11 aliphatic rings. The van der Waals surface area contributed by atoms with E-state index in [1.54, 1.807) is 19.6 Å². The summed E-state index contributed by atoms with van der Waals surface area (Å²) in [6, 6.07) is -0.954. The van der Waals surface area contributed by atoms with Gasteiger partial charge < -0.3 is 98.1 Å². The lowest BCUT2D eigenvalue weighted by atomic mass is 9.27. The van der Waals surface area contributed by atoms with Crippen LogP contribution in [0.1, 0.15) is 97.4 Å². The molecule has 89 heavy (non-hydrogen) atoms. The van der Waals surface area contributed by atoms with Gasteiger partial charge in [-0.2, -0.15) is 0 Å². The number of carbonyl (C=O) groups is 2.